The van der Waals surface area contributed by atoms with Crippen molar-refractivity contribution in [1.82, 2.24) is 4.98 Å². The molecule has 0 bridgehead atoms. The number of aromatic nitrogens is 1. The van der Waals surface area contributed by atoms with Crippen molar-refractivity contribution in [3.05, 3.63) is 24.0 Å². The lowest BCUT2D eigenvalue weighted by atomic mass is 10.3. The largest absolute Gasteiger partial charge is 0.492 e. The van der Waals surface area contributed by atoms with Crippen LogP contribution in [0.5, 0.6) is 5.75 Å². The monoisotopic (exact) mass is 181 g/mol. The first-order chi connectivity index (χ1) is 6.33. The Morgan fingerprint density at radius 3 is 2.85 bits per heavy atom. The number of methoxy groups -OCH3 is 1. The summed E-state index contributed by atoms with van der Waals surface area (Å²) in [5.74, 6) is 0.830. The van der Waals surface area contributed by atoms with Crippen LogP contribution in [0.1, 0.15) is 12.0 Å². The zero-order valence-corrected chi connectivity index (χ0v) is 8.12. The summed E-state index contributed by atoms with van der Waals surface area (Å²) in [5.41, 5.74) is 1.12. The first-order valence-corrected chi connectivity index (χ1v) is 4.36. The zero-order valence-electron chi connectivity index (χ0n) is 8.12. The minimum atomic E-state index is 0.680. The number of rotatable bonds is 5. The predicted octanol–water partition coefficient (Wildman–Crippen LogP) is 1.81. The highest BCUT2D eigenvalue weighted by molar-refractivity contribution is 5.22. The topological polar surface area (TPSA) is 31.4 Å². The van der Waals surface area contributed by atoms with Crippen molar-refractivity contribution < 1.29 is 9.47 Å². The Morgan fingerprint density at radius 2 is 2.15 bits per heavy atom. The molecule has 13 heavy (non-hydrogen) atoms. The summed E-state index contributed by atoms with van der Waals surface area (Å²) in [7, 11) is 1.69. The quantitative estimate of drug-likeness (QED) is 0.649. The molecule has 1 aromatic heterocycles. The fourth-order valence-corrected chi connectivity index (χ4v) is 0.999. The molecule has 3 heteroatoms. The molecule has 0 saturated heterocycles. The molecule has 0 aliphatic rings. The minimum absolute atomic E-state index is 0.680. The van der Waals surface area contributed by atoms with E-state index in [0.29, 0.717) is 6.61 Å². The first-order valence-electron chi connectivity index (χ1n) is 4.36. The summed E-state index contributed by atoms with van der Waals surface area (Å²) < 4.78 is 10.4. The van der Waals surface area contributed by atoms with Crippen molar-refractivity contribution in [2.45, 2.75) is 13.3 Å². The zero-order chi connectivity index (χ0) is 9.52. The van der Waals surface area contributed by atoms with Gasteiger partial charge in [-0.15, -0.1) is 0 Å². The predicted molar refractivity (Wildman–Crippen MR) is 51.0 cm³/mol. The SMILES string of the molecule is COCCCOc1cncc(C)c1. The van der Waals surface area contributed by atoms with Crippen LogP contribution in [-0.2, 0) is 4.74 Å². The third-order valence-corrected chi connectivity index (χ3v) is 1.61. The Kier molecular flexibility index (Phi) is 4.26. The van der Waals surface area contributed by atoms with Gasteiger partial charge in [0.2, 0.25) is 0 Å². The molecule has 0 aliphatic carbocycles. The molecular formula is C10H15NO2. The Bertz CT molecular complexity index is 250. The number of hydrogen-bond donors (Lipinski definition) is 0. The van der Waals surface area contributed by atoms with E-state index in [1.54, 1.807) is 13.3 Å². The van der Waals surface area contributed by atoms with E-state index in [1.807, 2.05) is 19.2 Å². The molecule has 0 aromatic carbocycles. The van der Waals surface area contributed by atoms with Gasteiger partial charge >= 0.3 is 0 Å². The van der Waals surface area contributed by atoms with Crippen molar-refractivity contribution in [3.63, 3.8) is 0 Å². The van der Waals surface area contributed by atoms with Gasteiger partial charge in [0.15, 0.2) is 0 Å². The Morgan fingerprint density at radius 1 is 1.31 bits per heavy atom. The highest BCUT2D eigenvalue weighted by Gasteiger charge is 1.93. The molecule has 0 N–H and O–H groups in total. The number of pyridine rings is 1. The summed E-state index contributed by atoms with van der Waals surface area (Å²) in [4.78, 5) is 4.03. The van der Waals surface area contributed by atoms with Gasteiger partial charge in [0.1, 0.15) is 5.75 Å². The Hall–Kier alpha value is -1.09. The summed E-state index contributed by atoms with van der Waals surface area (Å²) in [6, 6.07) is 1.97. The van der Waals surface area contributed by atoms with Crippen LogP contribution in [0.15, 0.2) is 18.5 Å². The maximum absolute atomic E-state index is 5.45. The standard InChI is InChI=1S/C10H15NO2/c1-9-6-10(8-11-7-9)13-5-3-4-12-2/h6-8H,3-5H2,1-2H3. The van der Waals surface area contributed by atoms with E-state index in [9.17, 15) is 0 Å². The van der Waals surface area contributed by atoms with Crippen LogP contribution >= 0.6 is 0 Å². The second-order valence-corrected chi connectivity index (χ2v) is 2.89. The van der Waals surface area contributed by atoms with Gasteiger partial charge in [-0.3, -0.25) is 4.98 Å². The summed E-state index contributed by atoms with van der Waals surface area (Å²) in [5, 5.41) is 0. The van der Waals surface area contributed by atoms with Gasteiger partial charge in [0.25, 0.3) is 0 Å². The second-order valence-electron chi connectivity index (χ2n) is 2.89. The van der Waals surface area contributed by atoms with E-state index in [1.165, 1.54) is 0 Å². The van der Waals surface area contributed by atoms with Gasteiger partial charge in [-0.1, -0.05) is 0 Å². The number of hydrogen-bond acceptors (Lipinski definition) is 3. The molecule has 1 heterocycles. The molecule has 1 rings (SSSR count). The summed E-state index contributed by atoms with van der Waals surface area (Å²) in [6.45, 7) is 3.41. The van der Waals surface area contributed by atoms with Crippen LogP contribution in [0.25, 0.3) is 0 Å². The highest BCUT2D eigenvalue weighted by Crippen LogP contribution is 2.09. The number of aryl methyl sites for hydroxylation is 1. The average molecular weight is 181 g/mol. The van der Waals surface area contributed by atoms with Gasteiger partial charge in [0, 0.05) is 26.3 Å². The fourth-order valence-electron chi connectivity index (χ4n) is 0.999. The lowest BCUT2D eigenvalue weighted by Crippen LogP contribution is -2.01. The van der Waals surface area contributed by atoms with E-state index in [2.05, 4.69) is 4.98 Å². The minimum Gasteiger partial charge on any atom is -0.492 e. The maximum atomic E-state index is 5.45. The fraction of sp³-hybridized carbons (Fsp3) is 0.500. The van der Waals surface area contributed by atoms with E-state index in [4.69, 9.17) is 9.47 Å². The van der Waals surface area contributed by atoms with E-state index >= 15 is 0 Å². The van der Waals surface area contributed by atoms with Crippen molar-refractivity contribution in [3.8, 4) is 5.75 Å². The lowest BCUT2D eigenvalue weighted by molar-refractivity contribution is 0.172. The van der Waals surface area contributed by atoms with Crippen molar-refractivity contribution in [2.75, 3.05) is 20.3 Å². The number of ether oxygens (including phenoxy) is 2. The van der Waals surface area contributed by atoms with Crippen LogP contribution < -0.4 is 4.74 Å². The second kappa shape index (κ2) is 5.54. The molecule has 0 saturated carbocycles. The van der Waals surface area contributed by atoms with Gasteiger partial charge < -0.3 is 9.47 Å². The molecule has 3 nitrogen and oxygen atoms in total. The molecule has 0 atom stereocenters. The normalized spacial score (nSPS) is 10.0. The van der Waals surface area contributed by atoms with Crippen molar-refractivity contribution in [2.24, 2.45) is 0 Å². The van der Waals surface area contributed by atoms with Gasteiger partial charge in [-0.25, -0.2) is 0 Å². The molecule has 1 aromatic rings. The van der Waals surface area contributed by atoms with Gasteiger partial charge in [-0.05, 0) is 18.6 Å². The van der Waals surface area contributed by atoms with E-state index < -0.39 is 0 Å². The smallest absolute Gasteiger partial charge is 0.137 e. The summed E-state index contributed by atoms with van der Waals surface area (Å²) in [6.07, 6.45) is 4.44. The maximum Gasteiger partial charge on any atom is 0.137 e. The molecular weight excluding hydrogens is 166 g/mol. The average Bonchev–Trinajstić information content (AvgIpc) is 2.13. The Balaban J connectivity index is 2.28. The molecule has 0 amide bonds. The van der Waals surface area contributed by atoms with Crippen LogP contribution in [0.2, 0.25) is 0 Å². The van der Waals surface area contributed by atoms with Crippen LogP contribution in [0, 0.1) is 6.92 Å². The molecule has 0 radical (unpaired) electrons. The van der Waals surface area contributed by atoms with Crippen LogP contribution in [0.4, 0.5) is 0 Å². The van der Waals surface area contributed by atoms with Crippen LogP contribution in [-0.4, -0.2) is 25.3 Å². The summed E-state index contributed by atoms with van der Waals surface area (Å²) >= 11 is 0. The molecule has 72 valence electrons. The third-order valence-electron chi connectivity index (χ3n) is 1.61. The number of nitrogens with zero attached hydrogens (tertiary/aromatic N) is 1. The van der Waals surface area contributed by atoms with Gasteiger partial charge in [0.05, 0.1) is 12.8 Å². The van der Waals surface area contributed by atoms with Crippen molar-refractivity contribution in [1.29, 1.82) is 0 Å². The molecule has 0 spiro atoms. The Labute approximate surface area is 78.7 Å². The van der Waals surface area contributed by atoms with E-state index in [-0.39, 0.29) is 0 Å². The molecule has 0 aliphatic heterocycles. The highest BCUT2D eigenvalue weighted by atomic mass is 16.5. The molecule has 0 unspecified atom stereocenters. The van der Waals surface area contributed by atoms with Crippen LogP contribution in [0.3, 0.4) is 0 Å². The van der Waals surface area contributed by atoms with E-state index in [0.717, 1.165) is 24.3 Å². The first kappa shape index (κ1) is 9.99. The lowest BCUT2D eigenvalue weighted by Gasteiger charge is -2.05. The molecule has 0 fully saturated rings. The van der Waals surface area contributed by atoms with Gasteiger partial charge in [-0.2, -0.15) is 0 Å². The third kappa shape index (κ3) is 3.90. The van der Waals surface area contributed by atoms with Crippen molar-refractivity contribution >= 4 is 0 Å².